The van der Waals surface area contributed by atoms with Gasteiger partial charge in [0, 0.05) is 31.1 Å². The standard InChI is InChI=1S/C21H22N4O4/c1-24(2)20(15-4-5-18-19(10-15)28-13-27-18)21(26)25(3)12-16-11-17(23-29-16)14-6-8-22-9-7-14/h4-11,20H,12-13H2,1-3H3. The minimum absolute atomic E-state index is 0.0595. The zero-order chi connectivity index (χ0) is 20.4. The highest BCUT2D eigenvalue weighted by Crippen LogP contribution is 2.35. The second-order valence-electron chi connectivity index (χ2n) is 7.09. The predicted octanol–water partition coefficient (Wildman–Crippen LogP) is 2.73. The minimum Gasteiger partial charge on any atom is -0.454 e. The number of hydrogen-bond donors (Lipinski definition) is 0. The van der Waals surface area contributed by atoms with Gasteiger partial charge in [-0.2, -0.15) is 0 Å². The first-order valence-corrected chi connectivity index (χ1v) is 9.20. The van der Waals surface area contributed by atoms with Crippen LogP contribution in [0.3, 0.4) is 0 Å². The van der Waals surface area contributed by atoms with Crippen LogP contribution in [0, 0.1) is 0 Å². The summed E-state index contributed by atoms with van der Waals surface area (Å²) in [6.07, 6.45) is 3.40. The Hall–Kier alpha value is -3.39. The molecule has 0 aliphatic carbocycles. The monoisotopic (exact) mass is 394 g/mol. The normalized spacial score (nSPS) is 13.5. The lowest BCUT2D eigenvalue weighted by Gasteiger charge is -2.28. The summed E-state index contributed by atoms with van der Waals surface area (Å²) in [5.41, 5.74) is 2.46. The summed E-state index contributed by atoms with van der Waals surface area (Å²) < 4.78 is 16.3. The second kappa shape index (κ2) is 7.92. The van der Waals surface area contributed by atoms with Gasteiger partial charge in [0.15, 0.2) is 17.3 Å². The van der Waals surface area contributed by atoms with Crippen molar-refractivity contribution in [2.75, 3.05) is 27.9 Å². The fourth-order valence-corrected chi connectivity index (χ4v) is 3.31. The molecule has 8 heteroatoms. The van der Waals surface area contributed by atoms with E-state index in [4.69, 9.17) is 14.0 Å². The summed E-state index contributed by atoms with van der Waals surface area (Å²) >= 11 is 0. The number of amides is 1. The SMILES string of the molecule is CN(Cc1cc(-c2ccncc2)no1)C(=O)C(c1ccc2c(c1)OCO2)N(C)C. The number of fused-ring (bicyclic) bond motifs is 1. The van der Waals surface area contributed by atoms with E-state index in [9.17, 15) is 4.79 Å². The maximum absolute atomic E-state index is 13.2. The number of hydrogen-bond acceptors (Lipinski definition) is 7. The van der Waals surface area contributed by atoms with Crippen molar-refractivity contribution in [1.82, 2.24) is 19.9 Å². The first kappa shape index (κ1) is 18.9. The summed E-state index contributed by atoms with van der Waals surface area (Å²) in [7, 11) is 5.49. The van der Waals surface area contributed by atoms with Gasteiger partial charge in [-0.25, -0.2) is 0 Å². The lowest BCUT2D eigenvalue weighted by Crippen LogP contribution is -2.38. The number of carbonyl (C=O) groups is 1. The molecule has 0 fully saturated rings. The van der Waals surface area contributed by atoms with E-state index in [1.807, 2.05) is 55.4 Å². The van der Waals surface area contributed by atoms with Crippen LogP contribution in [0.15, 0.2) is 53.3 Å². The molecule has 0 bridgehead atoms. The maximum atomic E-state index is 13.2. The Kier molecular flexibility index (Phi) is 5.18. The van der Waals surface area contributed by atoms with Gasteiger partial charge in [0.1, 0.15) is 11.7 Å². The second-order valence-corrected chi connectivity index (χ2v) is 7.09. The van der Waals surface area contributed by atoms with Gasteiger partial charge in [-0.05, 0) is 43.9 Å². The Morgan fingerprint density at radius 2 is 1.83 bits per heavy atom. The zero-order valence-corrected chi connectivity index (χ0v) is 16.5. The van der Waals surface area contributed by atoms with Gasteiger partial charge < -0.3 is 18.9 Å². The van der Waals surface area contributed by atoms with E-state index in [1.54, 1.807) is 24.3 Å². The summed E-state index contributed by atoms with van der Waals surface area (Å²) in [4.78, 5) is 20.7. The van der Waals surface area contributed by atoms with Crippen molar-refractivity contribution in [2.45, 2.75) is 12.6 Å². The average molecular weight is 394 g/mol. The summed E-state index contributed by atoms with van der Waals surface area (Å²) in [6.45, 7) is 0.510. The largest absolute Gasteiger partial charge is 0.454 e. The van der Waals surface area contributed by atoms with Crippen LogP contribution in [-0.4, -0.2) is 53.8 Å². The summed E-state index contributed by atoms with van der Waals surface area (Å²) in [5, 5.41) is 4.09. The highest BCUT2D eigenvalue weighted by atomic mass is 16.7. The highest BCUT2D eigenvalue weighted by molar-refractivity contribution is 5.83. The Morgan fingerprint density at radius 1 is 1.07 bits per heavy atom. The van der Waals surface area contributed by atoms with Crippen LogP contribution in [0.25, 0.3) is 11.3 Å². The van der Waals surface area contributed by atoms with E-state index in [-0.39, 0.29) is 12.7 Å². The Balaban J connectivity index is 1.50. The quantitative estimate of drug-likeness (QED) is 0.636. The van der Waals surface area contributed by atoms with Crippen LogP contribution in [0.5, 0.6) is 11.5 Å². The fourth-order valence-electron chi connectivity index (χ4n) is 3.31. The molecule has 1 aliphatic heterocycles. The number of likely N-dealkylation sites (N-methyl/N-ethyl adjacent to an activating group) is 2. The first-order chi connectivity index (χ1) is 14.0. The van der Waals surface area contributed by atoms with Crippen molar-refractivity contribution in [3.05, 3.63) is 60.1 Å². The summed E-state index contributed by atoms with van der Waals surface area (Å²) in [6, 6.07) is 10.7. The third-order valence-corrected chi connectivity index (χ3v) is 4.77. The molecule has 29 heavy (non-hydrogen) atoms. The number of rotatable bonds is 6. The molecule has 1 amide bonds. The van der Waals surface area contributed by atoms with Crippen LogP contribution in [0.4, 0.5) is 0 Å². The zero-order valence-electron chi connectivity index (χ0n) is 16.5. The number of carbonyl (C=O) groups excluding carboxylic acids is 1. The molecule has 0 radical (unpaired) electrons. The third kappa shape index (κ3) is 3.93. The van der Waals surface area contributed by atoms with Gasteiger partial charge in [0.2, 0.25) is 12.7 Å². The fraction of sp³-hybridized carbons (Fsp3) is 0.286. The molecule has 0 saturated carbocycles. The number of aromatic nitrogens is 2. The van der Waals surface area contributed by atoms with Gasteiger partial charge in [-0.3, -0.25) is 14.7 Å². The Bertz CT molecular complexity index is 1000. The molecular formula is C21H22N4O4. The molecule has 3 heterocycles. The minimum atomic E-state index is -0.461. The topological polar surface area (TPSA) is 80.9 Å². The summed E-state index contributed by atoms with van der Waals surface area (Å²) in [5.74, 6) is 1.89. The average Bonchev–Trinajstić information content (AvgIpc) is 3.37. The van der Waals surface area contributed by atoms with E-state index in [0.717, 1.165) is 11.1 Å². The molecule has 0 saturated heterocycles. The first-order valence-electron chi connectivity index (χ1n) is 9.20. The predicted molar refractivity (Wildman–Crippen MR) is 105 cm³/mol. The molecule has 1 aliphatic rings. The molecule has 8 nitrogen and oxygen atoms in total. The molecule has 0 N–H and O–H groups in total. The van der Waals surface area contributed by atoms with Crippen LogP contribution >= 0.6 is 0 Å². The van der Waals surface area contributed by atoms with Crippen LogP contribution in [0.2, 0.25) is 0 Å². The van der Waals surface area contributed by atoms with Crippen molar-refractivity contribution >= 4 is 5.91 Å². The number of nitrogens with zero attached hydrogens (tertiary/aromatic N) is 4. The Labute approximate surface area is 168 Å². The lowest BCUT2D eigenvalue weighted by molar-refractivity contribution is -0.135. The Morgan fingerprint density at radius 3 is 2.59 bits per heavy atom. The van der Waals surface area contributed by atoms with Gasteiger partial charge >= 0.3 is 0 Å². The molecule has 3 aromatic rings. The van der Waals surface area contributed by atoms with Gasteiger partial charge in [0.25, 0.3) is 0 Å². The maximum Gasteiger partial charge on any atom is 0.244 e. The molecule has 0 spiro atoms. The van der Waals surface area contributed by atoms with E-state index >= 15 is 0 Å². The van der Waals surface area contributed by atoms with E-state index in [2.05, 4.69) is 10.1 Å². The molecule has 2 aromatic heterocycles. The van der Waals surface area contributed by atoms with E-state index < -0.39 is 6.04 Å². The van der Waals surface area contributed by atoms with Crippen molar-refractivity contribution in [1.29, 1.82) is 0 Å². The molecule has 1 atom stereocenters. The van der Waals surface area contributed by atoms with Crippen molar-refractivity contribution in [3.63, 3.8) is 0 Å². The number of ether oxygens (including phenoxy) is 2. The molecule has 1 aromatic carbocycles. The van der Waals surface area contributed by atoms with Gasteiger partial charge in [-0.1, -0.05) is 11.2 Å². The highest BCUT2D eigenvalue weighted by Gasteiger charge is 2.28. The van der Waals surface area contributed by atoms with Crippen LogP contribution in [0.1, 0.15) is 17.4 Å². The third-order valence-electron chi connectivity index (χ3n) is 4.77. The lowest BCUT2D eigenvalue weighted by atomic mass is 10.0. The number of benzene rings is 1. The molecular weight excluding hydrogens is 372 g/mol. The van der Waals surface area contributed by atoms with Crippen LogP contribution in [-0.2, 0) is 11.3 Å². The van der Waals surface area contributed by atoms with Crippen LogP contribution < -0.4 is 9.47 Å². The van der Waals surface area contributed by atoms with Gasteiger partial charge in [0.05, 0.1) is 6.54 Å². The smallest absolute Gasteiger partial charge is 0.244 e. The van der Waals surface area contributed by atoms with E-state index in [1.165, 1.54) is 0 Å². The van der Waals surface area contributed by atoms with Crippen molar-refractivity contribution in [2.24, 2.45) is 0 Å². The molecule has 1 unspecified atom stereocenters. The van der Waals surface area contributed by atoms with Crippen molar-refractivity contribution < 1.29 is 18.8 Å². The van der Waals surface area contributed by atoms with Gasteiger partial charge in [-0.15, -0.1) is 0 Å². The number of pyridine rings is 1. The molecule has 150 valence electrons. The van der Waals surface area contributed by atoms with Crippen molar-refractivity contribution in [3.8, 4) is 22.8 Å². The molecule has 4 rings (SSSR count). The van der Waals surface area contributed by atoms with E-state index in [0.29, 0.717) is 29.5 Å².